The maximum absolute atomic E-state index is 12.1. The van der Waals surface area contributed by atoms with E-state index in [1.54, 1.807) is 4.90 Å². The summed E-state index contributed by atoms with van der Waals surface area (Å²) >= 11 is 0. The zero-order valence-corrected chi connectivity index (χ0v) is 15.7. The number of aryl methyl sites for hydroxylation is 1. The van der Waals surface area contributed by atoms with Crippen molar-refractivity contribution in [2.75, 3.05) is 20.2 Å². The number of likely N-dealkylation sites (tertiary alicyclic amines) is 1. The number of amides is 1. The number of rotatable bonds is 4. The fraction of sp³-hybridized carbons (Fsp3) is 0.600. The van der Waals surface area contributed by atoms with Crippen molar-refractivity contribution in [3.05, 3.63) is 35.4 Å². The van der Waals surface area contributed by atoms with Crippen molar-refractivity contribution in [3.8, 4) is 0 Å². The summed E-state index contributed by atoms with van der Waals surface area (Å²) in [6.07, 6.45) is 2.78. The molecular formula is C20H29NO4. The van der Waals surface area contributed by atoms with Gasteiger partial charge >= 0.3 is 12.1 Å². The monoisotopic (exact) mass is 347 g/mol. The lowest BCUT2D eigenvalue weighted by molar-refractivity contribution is -0.140. The molecule has 0 aliphatic carbocycles. The Morgan fingerprint density at radius 3 is 2.24 bits per heavy atom. The van der Waals surface area contributed by atoms with Crippen LogP contribution >= 0.6 is 0 Å². The number of piperidine rings is 1. The standard InChI is InChI=1S/C20H29NO4/c1-20(2,3)25-19(23)21-13-11-17(12-14-21)16-8-5-15(6-9-16)7-10-18(22)24-4/h5-6,8-9,17H,7,10-14H2,1-4H3. The molecule has 0 radical (unpaired) electrons. The second-order valence-corrected chi connectivity index (χ2v) is 7.56. The quantitative estimate of drug-likeness (QED) is 0.775. The van der Waals surface area contributed by atoms with E-state index < -0.39 is 5.60 Å². The van der Waals surface area contributed by atoms with Gasteiger partial charge in [0.25, 0.3) is 0 Å². The predicted molar refractivity (Wildman–Crippen MR) is 96.6 cm³/mol. The highest BCUT2D eigenvalue weighted by Crippen LogP contribution is 2.29. The Hall–Kier alpha value is -2.04. The Morgan fingerprint density at radius 1 is 1.12 bits per heavy atom. The second-order valence-electron chi connectivity index (χ2n) is 7.56. The van der Waals surface area contributed by atoms with Crippen molar-refractivity contribution >= 4 is 12.1 Å². The molecule has 138 valence electrons. The van der Waals surface area contributed by atoms with Crippen LogP contribution in [0, 0.1) is 0 Å². The Bertz CT molecular complexity index is 581. The van der Waals surface area contributed by atoms with Gasteiger partial charge in [-0.25, -0.2) is 4.79 Å². The first-order valence-corrected chi connectivity index (χ1v) is 8.92. The van der Waals surface area contributed by atoms with Crippen LogP contribution in [0.4, 0.5) is 4.79 Å². The summed E-state index contributed by atoms with van der Waals surface area (Å²) < 4.78 is 10.1. The number of ether oxygens (including phenoxy) is 2. The number of hydrogen-bond acceptors (Lipinski definition) is 4. The summed E-state index contributed by atoms with van der Waals surface area (Å²) in [5, 5.41) is 0. The van der Waals surface area contributed by atoms with Gasteiger partial charge in [-0.05, 0) is 57.1 Å². The average molecular weight is 347 g/mol. The van der Waals surface area contributed by atoms with Gasteiger partial charge in [0, 0.05) is 19.5 Å². The molecule has 1 aromatic carbocycles. The molecule has 0 N–H and O–H groups in total. The van der Waals surface area contributed by atoms with Gasteiger partial charge in [-0.3, -0.25) is 4.79 Å². The van der Waals surface area contributed by atoms with Crippen LogP contribution in [0.5, 0.6) is 0 Å². The topological polar surface area (TPSA) is 55.8 Å². The molecule has 1 aliphatic rings. The molecule has 0 saturated carbocycles. The maximum Gasteiger partial charge on any atom is 0.410 e. The minimum Gasteiger partial charge on any atom is -0.469 e. The van der Waals surface area contributed by atoms with Crippen LogP contribution in [0.25, 0.3) is 0 Å². The van der Waals surface area contributed by atoms with E-state index in [9.17, 15) is 9.59 Å². The third kappa shape index (κ3) is 6.07. The molecule has 1 fully saturated rings. The SMILES string of the molecule is COC(=O)CCc1ccc(C2CCN(C(=O)OC(C)(C)C)CC2)cc1. The van der Waals surface area contributed by atoms with Gasteiger partial charge in [-0.1, -0.05) is 24.3 Å². The molecule has 5 nitrogen and oxygen atoms in total. The summed E-state index contributed by atoms with van der Waals surface area (Å²) in [5.74, 6) is 0.284. The molecule has 1 amide bonds. The fourth-order valence-electron chi connectivity index (χ4n) is 3.03. The summed E-state index contributed by atoms with van der Waals surface area (Å²) in [7, 11) is 1.41. The Morgan fingerprint density at radius 2 is 1.72 bits per heavy atom. The molecule has 0 aromatic heterocycles. The molecule has 0 bridgehead atoms. The molecule has 1 saturated heterocycles. The number of nitrogens with zero attached hydrogens (tertiary/aromatic N) is 1. The second kappa shape index (κ2) is 8.37. The molecular weight excluding hydrogens is 318 g/mol. The van der Waals surface area contributed by atoms with Crippen LogP contribution in [0.15, 0.2) is 24.3 Å². The number of benzene rings is 1. The number of methoxy groups -OCH3 is 1. The van der Waals surface area contributed by atoms with Gasteiger partial charge in [0.2, 0.25) is 0 Å². The van der Waals surface area contributed by atoms with Crippen LogP contribution < -0.4 is 0 Å². The first kappa shape index (κ1) is 19.3. The summed E-state index contributed by atoms with van der Waals surface area (Å²) in [5.41, 5.74) is 1.99. The lowest BCUT2D eigenvalue weighted by Crippen LogP contribution is -2.41. The first-order valence-electron chi connectivity index (χ1n) is 8.92. The smallest absolute Gasteiger partial charge is 0.410 e. The normalized spacial score (nSPS) is 15.8. The van der Waals surface area contributed by atoms with E-state index >= 15 is 0 Å². The van der Waals surface area contributed by atoms with Crippen LogP contribution in [-0.4, -0.2) is 42.8 Å². The highest BCUT2D eigenvalue weighted by atomic mass is 16.6. The van der Waals surface area contributed by atoms with Crippen LogP contribution in [-0.2, 0) is 20.7 Å². The van der Waals surface area contributed by atoms with Gasteiger partial charge in [0.05, 0.1) is 7.11 Å². The minimum atomic E-state index is -0.450. The molecule has 2 rings (SSSR count). The van der Waals surface area contributed by atoms with Crippen LogP contribution in [0.2, 0.25) is 0 Å². The molecule has 1 aromatic rings. The Kier molecular flexibility index (Phi) is 6.45. The van der Waals surface area contributed by atoms with E-state index in [1.807, 2.05) is 20.8 Å². The van der Waals surface area contributed by atoms with E-state index in [0.29, 0.717) is 18.8 Å². The van der Waals surface area contributed by atoms with Crippen molar-refractivity contribution in [1.82, 2.24) is 4.90 Å². The number of esters is 1. The fourth-order valence-corrected chi connectivity index (χ4v) is 3.03. The molecule has 1 heterocycles. The highest BCUT2D eigenvalue weighted by Gasteiger charge is 2.27. The molecule has 0 spiro atoms. The zero-order valence-electron chi connectivity index (χ0n) is 15.7. The van der Waals surface area contributed by atoms with Crippen LogP contribution in [0.3, 0.4) is 0 Å². The average Bonchev–Trinajstić information content (AvgIpc) is 2.59. The van der Waals surface area contributed by atoms with E-state index in [2.05, 4.69) is 29.0 Å². The summed E-state index contributed by atoms with van der Waals surface area (Å²) in [4.78, 5) is 25.1. The molecule has 5 heteroatoms. The number of carbonyl (C=O) groups is 2. The summed E-state index contributed by atoms with van der Waals surface area (Å²) in [6.45, 7) is 7.12. The lowest BCUT2D eigenvalue weighted by Gasteiger charge is -2.33. The zero-order chi connectivity index (χ0) is 18.4. The van der Waals surface area contributed by atoms with Crippen molar-refractivity contribution in [3.63, 3.8) is 0 Å². The first-order chi connectivity index (χ1) is 11.8. The minimum absolute atomic E-state index is 0.182. The number of carbonyl (C=O) groups excluding carboxylic acids is 2. The van der Waals surface area contributed by atoms with E-state index in [4.69, 9.17) is 4.74 Å². The van der Waals surface area contributed by atoms with E-state index in [0.717, 1.165) is 31.5 Å². The molecule has 25 heavy (non-hydrogen) atoms. The lowest BCUT2D eigenvalue weighted by atomic mass is 9.89. The van der Waals surface area contributed by atoms with Crippen molar-refractivity contribution in [2.45, 2.75) is 58.0 Å². The Labute approximate surface area is 150 Å². The maximum atomic E-state index is 12.1. The molecule has 1 aliphatic heterocycles. The van der Waals surface area contributed by atoms with Gasteiger partial charge in [0.1, 0.15) is 5.60 Å². The van der Waals surface area contributed by atoms with Gasteiger partial charge in [0.15, 0.2) is 0 Å². The van der Waals surface area contributed by atoms with Crippen molar-refractivity contribution in [1.29, 1.82) is 0 Å². The van der Waals surface area contributed by atoms with Gasteiger partial charge < -0.3 is 14.4 Å². The predicted octanol–water partition coefficient (Wildman–Crippen LogP) is 3.91. The van der Waals surface area contributed by atoms with Crippen molar-refractivity contribution in [2.24, 2.45) is 0 Å². The van der Waals surface area contributed by atoms with Gasteiger partial charge in [-0.15, -0.1) is 0 Å². The Balaban J connectivity index is 1.84. The molecule has 0 unspecified atom stereocenters. The van der Waals surface area contributed by atoms with Crippen LogP contribution in [0.1, 0.15) is 57.1 Å². The van der Waals surface area contributed by atoms with E-state index in [1.165, 1.54) is 12.7 Å². The highest BCUT2D eigenvalue weighted by molar-refractivity contribution is 5.69. The van der Waals surface area contributed by atoms with E-state index in [-0.39, 0.29) is 12.1 Å². The number of hydrogen-bond donors (Lipinski definition) is 0. The van der Waals surface area contributed by atoms with Gasteiger partial charge in [-0.2, -0.15) is 0 Å². The third-order valence-corrected chi connectivity index (χ3v) is 4.44. The molecule has 0 atom stereocenters. The largest absolute Gasteiger partial charge is 0.469 e. The third-order valence-electron chi connectivity index (χ3n) is 4.44. The summed E-state index contributed by atoms with van der Waals surface area (Å²) in [6, 6.07) is 8.44. The van der Waals surface area contributed by atoms with Crippen molar-refractivity contribution < 1.29 is 19.1 Å².